The van der Waals surface area contributed by atoms with Gasteiger partial charge in [-0.3, -0.25) is 5.10 Å². The molecule has 6 heteroatoms. The number of hydrogen-bond acceptors (Lipinski definition) is 5. The Balaban J connectivity index is 1.83. The molecule has 112 valence electrons. The topological polar surface area (TPSA) is 86.0 Å². The molecule has 1 atom stereocenters. The lowest BCUT2D eigenvalue weighted by Crippen LogP contribution is -2.14. The van der Waals surface area contributed by atoms with Gasteiger partial charge in [-0.2, -0.15) is 5.10 Å². The van der Waals surface area contributed by atoms with Crippen LogP contribution in [0.5, 0.6) is 11.5 Å². The van der Waals surface area contributed by atoms with Crippen LogP contribution < -0.4 is 15.2 Å². The molecular formula is C15H20N4O2. The fourth-order valence-electron chi connectivity index (χ4n) is 2.27. The standard InChI is InChI=1S/C15H20N4O2/c1-3-21-11-7-6-10(8-12(11)20-2)13(16)15-17-14(18-19-15)9-4-5-9/h6-9,13H,3-5,16H2,1-2H3,(H,17,18,19)/t13-/m1/s1. The summed E-state index contributed by atoms with van der Waals surface area (Å²) in [6, 6.07) is 5.29. The number of nitrogens with two attached hydrogens (primary N) is 1. The second-order valence-corrected chi connectivity index (χ2v) is 5.17. The lowest BCUT2D eigenvalue weighted by Gasteiger charge is -2.13. The number of benzene rings is 1. The third-order valence-electron chi connectivity index (χ3n) is 3.61. The Labute approximate surface area is 123 Å². The van der Waals surface area contributed by atoms with E-state index in [1.165, 1.54) is 12.8 Å². The molecule has 6 nitrogen and oxygen atoms in total. The third-order valence-corrected chi connectivity index (χ3v) is 3.61. The third kappa shape index (κ3) is 2.85. The summed E-state index contributed by atoms with van der Waals surface area (Å²) in [5, 5.41) is 7.22. The summed E-state index contributed by atoms with van der Waals surface area (Å²) in [6.07, 6.45) is 2.36. The number of aromatic nitrogens is 3. The number of rotatable bonds is 6. The quantitative estimate of drug-likeness (QED) is 0.850. The number of H-pyrrole nitrogens is 1. The van der Waals surface area contributed by atoms with Crippen molar-refractivity contribution in [1.29, 1.82) is 0 Å². The molecule has 2 aromatic rings. The van der Waals surface area contributed by atoms with E-state index in [0.29, 0.717) is 29.8 Å². The van der Waals surface area contributed by atoms with E-state index in [1.807, 2.05) is 25.1 Å². The van der Waals surface area contributed by atoms with E-state index < -0.39 is 0 Å². The molecule has 0 amide bonds. The van der Waals surface area contributed by atoms with Crippen LogP contribution in [0.3, 0.4) is 0 Å². The molecule has 3 rings (SSSR count). The molecule has 1 heterocycles. The molecule has 0 radical (unpaired) electrons. The van der Waals surface area contributed by atoms with Gasteiger partial charge in [-0.05, 0) is 37.5 Å². The van der Waals surface area contributed by atoms with Crippen LogP contribution in [-0.4, -0.2) is 28.9 Å². The van der Waals surface area contributed by atoms with Crippen molar-refractivity contribution in [2.24, 2.45) is 5.73 Å². The second-order valence-electron chi connectivity index (χ2n) is 5.17. The van der Waals surface area contributed by atoms with Gasteiger partial charge in [0, 0.05) is 5.92 Å². The molecule has 1 fully saturated rings. The number of hydrogen-bond donors (Lipinski definition) is 2. The van der Waals surface area contributed by atoms with Crippen molar-refractivity contribution in [3.63, 3.8) is 0 Å². The van der Waals surface area contributed by atoms with Crippen molar-refractivity contribution in [2.75, 3.05) is 13.7 Å². The summed E-state index contributed by atoms with van der Waals surface area (Å²) in [5.74, 6) is 3.47. The Morgan fingerprint density at radius 3 is 2.86 bits per heavy atom. The SMILES string of the molecule is CCOc1ccc([C@@H](N)c2n[nH]c(C3CC3)n2)cc1OC. The fraction of sp³-hybridized carbons (Fsp3) is 0.467. The number of nitrogens with zero attached hydrogens (tertiary/aromatic N) is 2. The van der Waals surface area contributed by atoms with E-state index in [0.717, 1.165) is 11.4 Å². The lowest BCUT2D eigenvalue weighted by molar-refractivity contribution is 0.310. The largest absolute Gasteiger partial charge is 0.493 e. The molecule has 0 unspecified atom stereocenters. The maximum absolute atomic E-state index is 6.26. The Morgan fingerprint density at radius 1 is 1.38 bits per heavy atom. The van der Waals surface area contributed by atoms with Crippen LogP contribution in [0.15, 0.2) is 18.2 Å². The van der Waals surface area contributed by atoms with E-state index in [1.54, 1.807) is 7.11 Å². The average molecular weight is 288 g/mol. The van der Waals surface area contributed by atoms with Crippen molar-refractivity contribution < 1.29 is 9.47 Å². The van der Waals surface area contributed by atoms with Crippen LogP contribution in [0.25, 0.3) is 0 Å². The molecule has 21 heavy (non-hydrogen) atoms. The zero-order chi connectivity index (χ0) is 14.8. The van der Waals surface area contributed by atoms with Crippen molar-refractivity contribution in [3.8, 4) is 11.5 Å². The minimum Gasteiger partial charge on any atom is -0.493 e. The van der Waals surface area contributed by atoms with E-state index in [-0.39, 0.29) is 6.04 Å². The van der Waals surface area contributed by atoms with Crippen molar-refractivity contribution in [1.82, 2.24) is 15.2 Å². The highest BCUT2D eigenvalue weighted by Gasteiger charge is 2.28. The zero-order valence-electron chi connectivity index (χ0n) is 12.3. The Bertz CT molecular complexity index is 622. The maximum atomic E-state index is 6.26. The van der Waals surface area contributed by atoms with Crippen LogP contribution in [0, 0.1) is 0 Å². The van der Waals surface area contributed by atoms with Gasteiger partial charge in [0.05, 0.1) is 19.8 Å². The van der Waals surface area contributed by atoms with Gasteiger partial charge < -0.3 is 15.2 Å². The smallest absolute Gasteiger partial charge is 0.171 e. The van der Waals surface area contributed by atoms with Gasteiger partial charge in [-0.1, -0.05) is 6.07 Å². The highest BCUT2D eigenvalue weighted by Crippen LogP contribution is 2.38. The second kappa shape index (κ2) is 5.73. The highest BCUT2D eigenvalue weighted by molar-refractivity contribution is 5.44. The van der Waals surface area contributed by atoms with Crippen molar-refractivity contribution in [3.05, 3.63) is 35.4 Å². The molecule has 1 saturated carbocycles. The van der Waals surface area contributed by atoms with E-state index in [2.05, 4.69) is 15.2 Å². The number of aromatic amines is 1. The molecule has 0 saturated heterocycles. The first-order chi connectivity index (χ1) is 10.2. The van der Waals surface area contributed by atoms with E-state index >= 15 is 0 Å². The average Bonchev–Trinajstić information content (AvgIpc) is 3.24. The Hall–Kier alpha value is -2.08. The summed E-state index contributed by atoms with van der Waals surface area (Å²) in [6.45, 7) is 2.53. The van der Waals surface area contributed by atoms with Gasteiger partial charge in [0.25, 0.3) is 0 Å². The summed E-state index contributed by atoms with van der Waals surface area (Å²) in [5.41, 5.74) is 7.16. The van der Waals surface area contributed by atoms with Crippen molar-refractivity contribution in [2.45, 2.75) is 31.7 Å². The molecule has 1 aromatic carbocycles. The van der Waals surface area contributed by atoms with Gasteiger partial charge in [0.2, 0.25) is 0 Å². The number of ether oxygens (including phenoxy) is 2. The van der Waals surface area contributed by atoms with Crippen LogP contribution in [0.1, 0.15) is 48.9 Å². The zero-order valence-corrected chi connectivity index (χ0v) is 12.3. The van der Waals surface area contributed by atoms with Gasteiger partial charge in [0.15, 0.2) is 17.3 Å². The first kappa shape index (κ1) is 13.9. The van der Waals surface area contributed by atoms with Crippen LogP contribution >= 0.6 is 0 Å². The normalized spacial score (nSPS) is 15.8. The van der Waals surface area contributed by atoms with Gasteiger partial charge in [0.1, 0.15) is 5.82 Å². The fourth-order valence-corrected chi connectivity index (χ4v) is 2.27. The van der Waals surface area contributed by atoms with E-state index in [9.17, 15) is 0 Å². The number of methoxy groups -OCH3 is 1. The molecule has 0 bridgehead atoms. The van der Waals surface area contributed by atoms with Crippen LogP contribution in [0.2, 0.25) is 0 Å². The lowest BCUT2D eigenvalue weighted by atomic mass is 10.1. The van der Waals surface area contributed by atoms with Crippen LogP contribution in [-0.2, 0) is 0 Å². The Kier molecular flexibility index (Phi) is 3.79. The van der Waals surface area contributed by atoms with E-state index in [4.69, 9.17) is 15.2 Å². The minimum atomic E-state index is -0.377. The summed E-state index contributed by atoms with van der Waals surface area (Å²) in [4.78, 5) is 4.50. The first-order valence-corrected chi connectivity index (χ1v) is 7.21. The molecule has 3 N–H and O–H groups in total. The van der Waals surface area contributed by atoms with Gasteiger partial charge in [-0.15, -0.1) is 0 Å². The monoisotopic (exact) mass is 288 g/mol. The minimum absolute atomic E-state index is 0.377. The highest BCUT2D eigenvalue weighted by atomic mass is 16.5. The molecule has 0 spiro atoms. The summed E-state index contributed by atoms with van der Waals surface area (Å²) in [7, 11) is 1.62. The predicted molar refractivity (Wildman–Crippen MR) is 78.6 cm³/mol. The van der Waals surface area contributed by atoms with Gasteiger partial charge in [-0.25, -0.2) is 4.98 Å². The van der Waals surface area contributed by atoms with Gasteiger partial charge >= 0.3 is 0 Å². The molecule has 0 aliphatic heterocycles. The summed E-state index contributed by atoms with van der Waals surface area (Å²) >= 11 is 0. The summed E-state index contributed by atoms with van der Waals surface area (Å²) < 4.78 is 10.9. The molecule has 1 aliphatic carbocycles. The molecule has 1 aliphatic rings. The number of nitrogens with one attached hydrogen (secondary N) is 1. The first-order valence-electron chi connectivity index (χ1n) is 7.21. The molecule has 1 aromatic heterocycles. The van der Waals surface area contributed by atoms with Crippen molar-refractivity contribution >= 4 is 0 Å². The maximum Gasteiger partial charge on any atom is 0.171 e. The predicted octanol–water partition coefficient (Wildman–Crippen LogP) is 2.14. The molecular weight excluding hydrogens is 268 g/mol. The Morgan fingerprint density at radius 2 is 2.19 bits per heavy atom. The van der Waals surface area contributed by atoms with Crippen LogP contribution in [0.4, 0.5) is 0 Å².